The van der Waals surface area contributed by atoms with E-state index in [9.17, 15) is 18.0 Å². The molecule has 1 heterocycles. The highest BCUT2D eigenvalue weighted by atomic mass is 32.2. The SMILES string of the molecule is CC(C)(C)OC(=O)N[C@H](CN)C(C)(C)C.CC(C)(C)OC(=O)N[C@H](CNS(=O)(=O)N1CCCCC1)C(C)(C)C. The van der Waals surface area contributed by atoms with Crippen molar-refractivity contribution in [3.63, 3.8) is 0 Å². The number of ether oxygens (including phenoxy) is 2. The molecule has 2 amide bonds. The molecule has 232 valence electrons. The average Bonchev–Trinajstić information content (AvgIpc) is 2.72. The van der Waals surface area contributed by atoms with E-state index in [1.807, 2.05) is 62.3 Å². The Morgan fingerprint density at radius 2 is 1.13 bits per heavy atom. The highest BCUT2D eigenvalue weighted by molar-refractivity contribution is 7.87. The lowest BCUT2D eigenvalue weighted by Gasteiger charge is -2.33. The van der Waals surface area contributed by atoms with Gasteiger partial charge >= 0.3 is 12.2 Å². The van der Waals surface area contributed by atoms with Gasteiger partial charge in [-0.25, -0.2) is 14.3 Å². The van der Waals surface area contributed by atoms with Crippen LogP contribution in [0.5, 0.6) is 0 Å². The molecule has 0 radical (unpaired) electrons. The third-order valence-electron chi connectivity index (χ3n) is 5.83. The molecule has 0 aromatic rings. The van der Waals surface area contributed by atoms with Crippen LogP contribution >= 0.6 is 0 Å². The predicted molar refractivity (Wildman–Crippen MR) is 157 cm³/mol. The van der Waals surface area contributed by atoms with Crippen molar-refractivity contribution in [3.8, 4) is 0 Å². The van der Waals surface area contributed by atoms with Gasteiger partial charge in [0.1, 0.15) is 11.2 Å². The van der Waals surface area contributed by atoms with Gasteiger partial charge in [-0.2, -0.15) is 12.7 Å². The topological polar surface area (TPSA) is 152 Å². The molecule has 0 aromatic carbocycles. The number of nitrogens with two attached hydrogens (primary N) is 1. The maximum absolute atomic E-state index is 12.4. The van der Waals surface area contributed by atoms with Gasteiger partial charge in [-0.1, -0.05) is 48.0 Å². The van der Waals surface area contributed by atoms with Crippen molar-refractivity contribution in [1.29, 1.82) is 0 Å². The maximum Gasteiger partial charge on any atom is 0.407 e. The molecule has 0 spiro atoms. The molecule has 0 unspecified atom stereocenters. The lowest BCUT2D eigenvalue weighted by atomic mass is 9.87. The minimum atomic E-state index is -3.52. The van der Waals surface area contributed by atoms with Gasteiger partial charge in [0, 0.05) is 32.2 Å². The van der Waals surface area contributed by atoms with Crippen LogP contribution in [0.2, 0.25) is 0 Å². The van der Waals surface area contributed by atoms with Gasteiger partial charge in [0.25, 0.3) is 10.2 Å². The predicted octanol–water partition coefficient (Wildman–Crippen LogP) is 4.13. The van der Waals surface area contributed by atoms with E-state index in [-0.39, 0.29) is 29.5 Å². The first-order valence-electron chi connectivity index (χ1n) is 13.8. The summed E-state index contributed by atoms with van der Waals surface area (Å²) in [5.74, 6) is 0. The van der Waals surface area contributed by atoms with Crippen LogP contribution in [0.1, 0.15) is 102 Å². The first-order chi connectivity index (χ1) is 17.4. The van der Waals surface area contributed by atoms with Crippen LogP contribution in [0.3, 0.4) is 0 Å². The fourth-order valence-electron chi connectivity index (χ4n) is 3.49. The van der Waals surface area contributed by atoms with E-state index < -0.39 is 33.6 Å². The minimum absolute atomic E-state index is 0.0638. The van der Waals surface area contributed by atoms with E-state index in [2.05, 4.69) is 15.4 Å². The van der Waals surface area contributed by atoms with Crippen molar-refractivity contribution < 1.29 is 27.5 Å². The van der Waals surface area contributed by atoms with Crippen LogP contribution in [-0.4, -0.2) is 74.4 Å². The van der Waals surface area contributed by atoms with Crippen LogP contribution < -0.4 is 21.1 Å². The van der Waals surface area contributed by atoms with E-state index in [1.165, 1.54) is 4.31 Å². The molecule has 0 aromatic heterocycles. The Balaban J connectivity index is 0.000000830. The molecule has 0 bridgehead atoms. The Hall–Kier alpha value is -1.63. The van der Waals surface area contributed by atoms with E-state index >= 15 is 0 Å². The summed E-state index contributed by atoms with van der Waals surface area (Å²) in [6.07, 6.45) is 1.89. The highest BCUT2D eigenvalue weighted by Gasteiger charge is 2.31. The van der Waals surface area contributed by atoms with Gasteiger partial charge in [-0.05, 0) is 65.2 Å². The number of hydrogen-bond donors (Lipinski definition) is 4. The smallest absolute Gasteiger partial charge is 0.407 e. The van der Waals surface area contributed by atoms with Gasteiger partial charge in [0.05, 0.1) is 6.04 Å². The van der Waals surface area contributed by atoms with Gasteiger partial charge < -0.3 is 25.8 Å². The fraction of sp³-hybridized carbons (Fsp3) is 0.926. The summed E-state index contributed by atoms with van der Waals surface area (Å²) >= 11 is 0. The lowest BCUT2D eigenvalue weighted by Crippen LogP contribution is -2.54. The lowest BCUT2D eigenvalue weighted by molar-refractivity contribution is 0.0456. The standard InChI is InChI=1S/C16H33N3O4S.C11H24N2O2/c1-15(2,3)13(18-14(20)23-16(4,5)6)12-17-24(21,22)19-10-8-7-9-11-19;1-10(2,3)8(7-12)13-9(14)15-11(4,5)6/h13,17H,7-12H2,1-6H3,(H,18,20);8H,7,12H2,1-6H3,(H,13,14)/t13-;8-/m11/s1. The van der Waals surface area contributed by atoms with Gasteiger partial charge in [-0.15, -0.1) is 0 Å². The Labute approximate surface area is 237 Å². The second kappa shape index (κ2) is 14.8. The van der Waals surface area contributed by atoms with E-state index in [4.69, 9.17) is 15.2 Å². The zero-order valence-electron chi connectivity index (χ0n) is 26.5. The number of carbonyl (C=O) groups excluding carboxylic acids is 2. The first kappa shape index (κ1) is 37.4. The van der Waals surface area contributed by atoms with Crippen molar-refractivity contribution in [1.82, 2.24) is 19.7 Å². The normalized spacial score (nSPS) is 17.3. The van der Waals surface area contributed by atoms with Crippen molar-refractivity contribution in [2.75, 3.05) is 26.2 Å². The number of hydrogen-bond acceptors (Lipinski definition) is 7. The molecule has 1 aliphatic heterocycles. The molecule has 2 atom stereocenters. The molecule has 11 nitrogen and oxygen atoms in total. The minimum Gasteiger partial charge on any atom is -0.444 e. The Kier molecular flexibility index (Phi) is 14.2. The van der Waals surface area contributed by atoms with Crippen molar-refractivity contribution in [3.05, 3.63) is 0 Å². The zero-order chi connectivity index (χ0) is 30.9. The largest absolute Gasteiger partial charge is 0.444 e. The quantitative estimate of drug-likeness (QED) is 0.354. The Morgan fingerprint density at radius 3 is 1.46 bits per heavy atom. The molecule has 12 heteroatoms. The van der Waals surface area contributed by atoms with E-state index in [0.717, 1.165) is 19.3 Å². The molecule has 0 aliphatic carbocycles. The Bertz CT molecular complexity index is 861. The summed E-state index contributed by atoms with van der Waals surface area (Å²) in [4.78, 5) is 23.5. The number of alkyl carbamates (subject to hydrolysis) is 2. The number of rotatable bonds is 7. The van der Waals surface area contributed by atoms with Crippen LogP contribution in [-0.2, 0) is 19.7 Å². The zero-order valence-corrected chi connectivity index (χ0v) is 27.3. The van der Waals surface area contributed by atoms with Crippen molar-refractivity contribution >= 4 is 22.4 Å². The molecule has 1 fully saturated rings. The monoisotopic (exact) mass is 579 g/mol. The average molecular weight is 580 g/mol. The molecule has 1 saturated heterocycles. The van der Waals surface area contributed by atoms with Crippen LogP contribution in [0.15, 0.2) is 0 Å². The fourth-order valence-corrected chi connectivity index (χ4v) is 4.79. The summed E-state index contributed by atoms with van der Waals surface area (Å²) in [7, 11) is -3.52. The third-order valence-corrected chi connectivity index (χ3v) is 7.41. The Morgan fingerprint density at radius 1 is 0.744 bits per heavy atom. The second-order valence-corrected chi connectivity index (χ2v) is 15.9. The molecule has 1 aliphatic rings. The molecule has 39 heavy (non-hydrogen) atoms. The van der Waals surface area contributed by atoms with Gasteiger partial charge in [-0.3, -0.25) is 0 Å². The first-order valence-corrected chi connectivity index (χ1v) is 15.3. The van der Waals surface area contributed by atoms with Crippen molar-refractivity contribution in [2.45, 2.75) is 126 Å². The van der Waals surface area contributed by atoms with Gasteiger partial charge in [0.15, 0.2) is 0 Å². The maximum atomic E-state index is 12.4. The highest BCUT2D eigenvalue weighted by Crippen LogP contribution is 2.21. The molecular formula is C27H57N5O6S. The number of nitrogens with one attached hydrogen (secondary N) is 3. The second-order valence-electron chi connectivity index (χ2n) is 14.2. The number of carbonyl (C=O) groups is 2. The molecule has 1 rings (SSSR count). The van der Waals surface area contributed by atoms with Crippen molar-refractivity contribution in [2.24, 2.45) is 16.6 Å². The molecule has 5 N–H and O–H groups in total. The van der Waals surface area contributed by atoms with Gasteiger partial charge in [0.2, 0.25) is 0 Å². The molecule has 0 saturated carbocycles. The van der Waals surface area contributed by atoms with Crippen LogP contribution in [0, 0.1) is 10.8 Å². The van der Waals surface area contributed by atoms with Crippen LogP contribution in [0.25, 0.3) is 0 Å². The number of piperidine rings is 1. The van der Waals surface area contributed by atoms with E-state index in [1.54, 1.807) is 20.8 Å². The third kappa shape index (κ3) is 16.9. The summed E-state index contributed by atoms with van der Waals surface area (Å²) in [6, 6.07) is -0.459. The summed E-state index contributed by atoms with van der Waals surface area (Å²) in [6.45, 7) is 24.4. The van der Waals surface area contributed by atoms with E-state index in [0.29, 0.717) is 19.6 Å². The number of amides is 2. The summed E-state index contributed by atoms with van der Waals surface area (Å²) in [5.41, 5.74) is 4.15. The summed E-state index contributed by atoms with van der Waals surface area (Å²) in [5, 5.41) is 5.56. The number of nitrogens with zero attached hydrogens (tertiary/aromatic N) is 1. The summed E-state index contributed by atoms with van der Waals surface area (Å²) < 4.78 is 39.3. The van der Waals surface area contributed by atoms with Crippen LogP contribution in [0.4, 0.5) is 9.59 Å². The molecular weight excluding hydrogens is 522 g/mol.